The number of benzene rings is 2. The van der Waals surface area contributed by atoms with E-state index in [1.807, 2.05) is 18.2 Å². The lowest BCUT2D eigenvalue weighted by atomic mass is 9.60. The molecule has 2 aromatic carbocycles. The van der Waals surface area contributed by atoms with Gasteiger partial charge < -0.3 is 9.47 Å². The Hall–Kier alpha value is -1.73. The third-order valence-corrected chi connectivity index (χ3v) is 9.85. The lowest BCUT2D eigenvalue weighted by Crippen LogP contribution is -2.54. The highest BCUT2D eigenvalue weighted by Crippen LogP contribution is 2.50. The molecule has 0 spiro atoms. The maximum Gasteiger partial charge on any atom is 0.243 e. The highest BCUT2D eigenvalue weighted by Gasteiger charge is 2.49. The summed E-state index contributed by atoms with van der Waals surface area (Å²) in [5.41, 5.74) is 2.34. The quantitative estimate of drug-likeness (QED) is 0.454. The Labute approximate surface area is 211 Å². The van der Waals surface area contributed by atoms with Crippen molar-refractivity contribution in [3.8, 4) is 0 Å². The fourth-order valence-corrected chi connectivity index (χ4v) is 7.47. The van der Waals surface area contributed by atoms with Gasteiger partial charge in [0.05, 0.1) is 24.2 Å². The molecule has 1 saturated heterocycles. The molecular weight excluding hydrogens is 458 g/mol. The van der Waals surface area contributed by atoms with Crippen molar-refractivity contribution in [2.24, 2.45) is 11.3 Å². The van der Waals surface area contributed by atoms with Crippen LogP contribution in [0.5, 0.6) is 0 Å². The topological polar surface area (TPSA) is 55.8 Å². The van der Waals surface area contributed by atoms with Gasteiger partial charge in [0, 0.05) is 20.2 Å². The fraction of sp³-hybridized carbons (Fsp3) is 0.586. The minimum atomic E-state index is -3.55. The van der Waals surface area contributed by atoms with E-state index in [2.05, 4.69) is 45.0 Å². The van der Waals surface area contributed by atoms with Crippen LogP contribution in [-0.4, -0.2) is 52.2 Å². The Morgan fingerprint density at radius 1 is 1.00 bits per heavy atom. The van der Waals surface area contributed by atoms with Crippen molar-refractivity contribution < 1.29 is 17.9 Å². The van der Waals surface area contributed by atoms with E-state index < -0.39 is 10.0 Å². The van der Waals surface area contributed by atoms with Crippen LogP contribution in [0.2, 0.25) is 0 Å². The van der Waals surface area contributed by atoms with E-state index in [9.17, 15) is 8.42 Å². The largest absolute Gasteiger partial charge is 0.382 e. The number of piperidine rings is 1. The minimum absolute atomic E-state index is 0.00958. The van der Waals surface area contributed by atoms with Crippen molar-refractivity contribution in [1.82, 2.24) is 4.31 Å². The van der Waals surface area contributed by atoms with Crippen molar-refractivity contribution >= 4 is 10.0 Å². The number of nitrogens with zero attached hydrogens (tertiary/aromatic N) is 1. The smallest absolute Gasteiger partial charge is 0.243 e. The van der Waals surface area contributed by atoms with Crippen LogP contribution in [0, 0.1) is 11.3 Å². The number of ether oxygens (including phenoxy) is 2. The molecule has 0 N–H and O–H groups in total. The van der Waals surface area contributed by atoms with E-state index >= 15 is 0 Å². The minimum Gasteiger partial charge on any atom is -0.382 e. The van der Waals surface area contributed by atoms with Crippen molar-refractivity contribution in [3.63, 3.8) is 0 Å². The van der Waals surface area contributed by atoms with Crippen LogP contribution < -0.4 is 0 Å². The Morgan fingerprint density at radius 3 is 2.37 bits per heavy atom. The molecule has 1 saturated carbocycles. The number of methoxy groups -OCH3 is 1. The van der Waals surface area contributed by atoms with Gasteiger partial charge in [-0.25, -0.2) is 8.42 Å². The summed E-state index contributed by atoms with van der Waals surface area (Å²) in [6.45, 7) is 8.79. The SMILES string of the molecule is COCCO[C@H]1CC[C@]2(Cc3ccccc3)CN(S(=O)(=O)c3ccc(C(C)(C)C)cc3)CC[C@H]2C1. The number of hydrogen-bond acceptors (Lipinski definition) is 4. The van der Waals surface area contributed by atoms with Gasteiger partial charge in [0.15, 0.2) is 0 Å². The second kappa shape index (κ2) is 10.7. The maximum absolute atomic E-state index is 13.7. The monoisotopic (exact) mass is 499 g/mol. The van der Waals surface area contributed by atoms with Crippen LogP contribution in [0.3, 0.4) is 0 Å². The van der Waals surface area contributed by atoms with Gasteiger partial charge in [-0.15, -0.1) is 0 Å². The zero-order valence-corrected chi connectivity index (χ0v) is 22.5. The van der Waals surface area contributed by atoms with E-state index in [1.165, 1.54) is 5.56 Å². The van der Waals surface area contributed by atoms with Crippen molar-refractivity contribution in [2.45, 2.75) is 69.3 Å². The van der Waals surface area contributed by atoms with Gasteiger partial charge in [0.25, 0.3) is 0 Å². The Balaban J connectivity index is 1.57. The van der Waals surface area contributed by atoms with E-state index in [1.54, 1.807) is 23.5 Å². The van der Waals surface area contributed by atoms with Gasteiger partial charge in [0.2, 0.25) is 10.0 Å². The first kappa shape index (κ1) is 26.3. The molecule has 4 rings (SSSR count). The molecule has 0 radical (unpaired) electrons. The zero-order chi connectivity index (χ0) is 25.1. The number of rotatable bonds is 8. The van der Waals surface area contributed by atoms with Gasteiger partial charge >= 0.3 is 0 Å². The summed E-state index contributed by atoms with van der Waals surface area (Å²) in [6, 6.07) is 18.0. The maximum atomic E-state index is 13.7. The molecule has 5 nitrogen and oxygen atoms in total. The summed E-state index contributed by atoms with van der Waals surface area (Å²) in [5, 5.41) is 0. The van der Waals surface area contributed by atoms with Crippen LogP contribution in [0.1, 0.15) is 57.6 Å². The normalized spacial score (nSPS) is 25.8. The van der Waals surface area contributed by atoms with Crippen LogP contribution in [0.25, 0.3) is 0 Å². The number of hydrogen-bond donors (Lipinski definition) is 0. The van der Waals surface area contributed by atoms with E-state index in [0.717, 1.165) is 37.7 Å². The zero-order valence-electron chi connectivity index (χ0n) is 21.7. The summed E-state index contributed by atoms with van der Waals surface area (Å²) >= 11 is 0. The molecule has 1 aliphatic heterocycles. The molecule has 0 unspecified atom stereocenters. The molecule has 2 aliphatic rings. The van der Waals surface area contributed by atoms with Crippen molar-refractivity contribution in [2.75, 3.05) is 33.4 Å². The van der Waals surface area contributed by atoms with Crippen molar-refractivity contribution in [3.05, 3.63) is 65.7 Å². The number of sulfonamides is 1. The van der Waals surface area contributed by atoms with Gasteiger partial charge in [-0.05, 0) is 72.1 Å². The lowest BCUT2D eigenvalue weighted by molar-refractivity contribution is -0.0684. The summed E-state index contributed by atoms with van der Waals surface area (Å²) in [6.07, 6.45) is 4.92. The standard InChI is InChI=1S/C29H41NO4S/c1-28(2,3)24-10-12-27(13-11-24)35(31,32)30-17-15-25-20-26(34-19-18-33-4)14-16-29(25,22-30)21-23-8-6-5-7-9-23/h5-13,25-26H,14-22H2,1-4H3/t25-,26-,29-/m0/s1. The molecular formula is C29H41NO4S. The molecule has 192 valence electrons. The molecule has 0 bridgehead atoms. The lowest BCUT2D eigenvalue weighted by Gasteiger charge is -2.52. The van der Waals surface area contributed by atoms with E-state index in [0.29, 0.717) is 37.1 Å². The molecule has 1 heterocycles. The Morgan fingerprint density at radius 2 is 1.71 bits per heavy atom. The first-order valence-electron chi connectivity index (χ1n) is 12.9. The first-order valence-corrected chi connectivity index (χ1v) is 14.3. The summed E-state index contributed by atoms with van der Waals surface area (Å²) in [4.78, 5) is 0.399. The highest BCUT2D eigenvalue weighted by atomic mass is 32.2. The molecule has 3 atom stereocenters. The Bertz CT molecular complexity index is 1060. The van der Waals surface area contributed by atoms with Crippen LogP contribution in [0.15, 0.2) is 59.5 Å². The number of fused-ring (bicyclic) bond motifs is 1. The summed E-state index contributed by atoms with van der Waals surface area (Å²) < 4.78 is 40.5. The molecule has 1 aliphatic carbocycles. The fourth-order valence-electron chi connectivity index (χ4n) is 5.92. The van der Waals surface area contributed by atoms with Crippen LogP contribution in [0.4, 0.5) is 0 Å². The van der Waals surface area contributed by atoms with Gasteiger partial charge in [-0.2, -0.15) is 4.31 Å². The van der Waals surface area contributed by atoms with Gasteiger partial charge in [-0.3, -0.25) is 0 Å². The van der Waals surface area contributed by atoms with Crippen LogP contribution >= 0.6 is 0 Å². The van der Waals surface area contributed by atoms with E-state index in [4.69, 9.17) is 9.47 Å². The molecule has 2 aromatic rings. The third-order valence-electron chi connectivity index (χ3n) is 7.99. The predicted octanol–water partition coefficient (Wildman–Crippen LogP) is 5.44. The predicted molar refractivity (Wildman–Crippen MR) is 140 cm³/mol. The average molecular weight is 500 g/mol. The van der Waals surface area contributed by atoms with Gasteiger partial charge in [0.1, 0.15) is 0 Å². The Kier molecular flexibility index (Phi) is 8.06. The highest BCUT2D eigenvalue weighted by molar-refractivity contribution is 7.89. The average Bonchev–Trinajstić information content (AvgIpc) is 2.84. The second-order valence-electron chi connectivity index (χ2n) is 11.4. The first-order chi connectivity index (χ1) is 16.6. The van der Waals surface area contributed by atoms with Crippen molar-refractivity contribution in [1.29, 1.82) is 0 Å². The van der Waals surface area contributed by atoms with E-state index in [-0.39, 0.29) is 16.9 Å². The second-order valence-corrected chi connectivity index (χ2v) is 13.3. The molecule has 35 heavy (non-hydrogen) atoms. The van der Waals surface area contributed by atoms with Gasteiger partial charge in [-0.1, -0.05) is 63.2 Å². The molecule has 0 amide bonds. The molecule has 0 aromatic heterocycles. The third kappa shape index (κ3) is 5.99. The summed E-state index contributed by atoms with van der Waals surface area (Å²) in [7, 11) is -1.85. The van der Waals surface area contributed by atoms with Crippen LogP contribution in [-0.2, 0) is 31.3 Å². The summed E-state index contributed by atoms with van der Waals surface area (Å²) in [5.74, 6) is 0.443. The molecule has 2 fully saturated rings. The molecule has 6 heteroatoms.